The van der Waals surface area contributed by atoms with E-state index in [2.05, 4.69) is 11.7 Å². The van der Waals surface area contributed by atoms with E-state index in [0.29, 0.717) is 18.1 Å². The van der Waals surface area contributed by atoms with Crippen molar-refractivity contribution in [3.05, 3.63) is 65.0 Å². The fraction of sp³-hybridized carbons (Fsp3) is 0.556. The summed E-state index contributed by atoms with van der Waals surface area (Å²) in [6.45, 7) is 2.28. The Morgan fingerprint density at radius 3 is 1.82 bits per heavy atom. The van der Waals surface area contributed by atoms with Crippen molar-refractivity contribution in [3.63, 3.8) is 0 Å². The second-order valence-electron chi connectivity index (χ2n) is 9.74. The van der Waals surface area contributed by atoms with Crippen LogP contribution in [-0.4, -0.2) is 0 Å². The summed E-state index contributed by atoms with van der Waals surface area (Å²) in [6.07, 6.45) is 7.41. The van der Waals surface area contributed by atoms with Crippen LogP contribution in [0.1, 0.15) is 81.8 Å². The van der Waals surface area contributed by atoms with E-state index in [4.69, 9.17) is 0 Å². The van der Waals surface area contributed by atoms with Crippen LogP contribution in [0, 0.1) is 35.2 Å². The molecule has 0 radical (unpaired) electrons. The molecule has 180 valence electrons. The first-order valence-electron chi connectivity index (χ1n) is 12.1. The van der Waals surface area contributed by atoms with E-state index in [0.717, 1.165) is 36.2 Å². The van der Waals surface area contributed by atoms with Crippen molar-refractivity contribution in [3.8, 4) is 5.75 Å². The van der Waals surface area contributed by atoms with Gasteiger partial charge in [-0.05, 0) is 79.9 Å². The molecule has 2 aromatic rings. The summed E-state index contributed by atoms with van der Waals surface area (Å²) in [7, 11) is 0. The van der Waals surface area contributed by atoms with Gasteiger partial charge in [0.25, 0.3) is 0 Å². The van der Waals surface area contributed by atoms with Crippen LogP contribution in [0.3, 0.4) is 0 Å². The number of hydrogen-bond donors (Lipinski definition) is 0. The molecule has 2 aliphatic rings. The second-order valence-corrected chi connectivity index (χ2v) is 9.74. The molecule has 2 aliphatic carbocycles. The van der Waals surface area contributed by atoms with Crippen molar-refractivity contribution >= 4 is 0 Å². The average molecular weight is 467 g/mol. The maximum absolute atomic E-state index is 14.5. The average Bonchev–Trinajstić information content (AvgIpc) is 2.82. The van der Waals surface area contributed by atoms with Crippen LogP contribution in [-0.2, 0) is 6.11 Å². The fourth-order valence-electron chi connectivity index (χ4n) is 5.74. The first-order chi connectivity index (χ1) is 15.8. The molecule has 33 heavy (non-hydrogen) atoms. The van der Waals surface area contributed by atoms with Gasteiger partial charge in [0.2, 0.25) is 0 Å². The molecule has 0 unspecified atom stereocenters. The van der Waals surface area contributed by atoms with Crippen molar-refractivity contribution in [1.82, 2.24) is 0 Å². The number of alkyl halides is 2. The van der Waals surface area contributed by atoms with Gasteiger partial charge in [0.1, 0.15) is 5.75 Å². The van der Waals surface area contributed by atoms with Gasteiger partial charge in [-0.3, -0.25) is 0 Å². The molecule has 2 fully saturated rings. The molecule has 0 spiro atoms. The highest BCUT2D eigenvalue weighted by atomic mass is 19.3. The van der Waals surface area contributed by atoms with Crippen LogP contribution in [0.4, 0.5) is 22.0 Å². The third-order valence-corrected chi connectivity index (χ3v) is 7.83. The number of halogens is 5. The normalized spacial score (nSPS) is 26.2. The standard InChI is InChI=1S/C27H31F5O/c1-2-17-3-5-18(6-4-17)19-7-9-20(10-8-19)21-11-13-22(14-12-21)27(31,32)33-23-15-24(28)26(30)25(29)16-23/h11-20H,2-10H2,1H3/t17-,18-,19-,20-. The maximum Gasteiger partial charge on any atom is 0.426 e. The van der Waals surface area contributed by atoms with E-state index >= 15 is 0 Å². The molecule has 0 saturated heterocycles. The van der Waals surface area contributed by atoms with Gasteiger partial charge >= 0.3 is 6.11 Å². The van der Waals surface area contributed by atoms with Crippen LogP contribution < -0.4 is 4.74 Å². The van der Waals surface area contributed by atoms with Gasteiger partial charge in [0.05, 0.1) is 5.56 Å². The minimum atomic E-state index is -3.80. The van der Waals surface area contributed by atoms with Crippen LogP contribution in [0.15, 0.2) is 36.4 Å². The molecule has 0 aliphatic heterocycles. The lowest BCUT2D eigenvalue weighted by molar-refractivity contribution is -0.185. The highest BCUT2D eigenvalue weighted by Crippen LogP contribution is 2.44. The topological polar surface area (TPSA) is 9.23 Å². The first kappa shape index (κ1) is 24.0. The smallest absolute Gasteiger partial charge is 0.426 e. The second kappa shape index (κ2) is 10.0. The molecule has 0 N–H and O–H groups in total. The van der Waals surface area contributed by atoms with Crippen molar-refractivity contribution in [1.29, 1.82) is 0 Å². The molecular weight excluding hydrogens is 435 g/mol. The third-order valence-electron chi connectivity index (χ3n) is 7.83. The first-order valence-corrected chi connectivity index (χ1v) is 12.1. The molecule has 2 aromatic carbocycles. The zero-order chi connectivity index (χ0) is 23.6. The molecule has 0 atom stereocenters. The monoisotopic (exact) mass is 466 g/mol. The Morgan fingerprint density at radius 2 is 1.30 bits per heavy atom. The van der Waals surface area contributed by atoms with Crippen molar-refractivity contribution in [2.24, 2.45) is 17.8 Å². The van der Waals surface area contributed by atoms with E-state index in [1.54, 1.807) is 12.1 Å². The quantitative estimate of drug-likeness (QED) is 0.305. The molecule has 0 aromatic heterocycles. The summed E-state index contributed by atoms with van der Waals surface area (Å²) in [6, 6.07) is 6.79. The SMILES string of the molecule is CC[C@H]1CC[C@H]([C@H]2CC[C@H](c3ccc(C(F)(F)Oc4cc(F)c(F)c(F)c4)cc3)CC2)CC1. The van der Waals surface area contributed by atoms with Gasteiger partial charge in [0, 0.05) is 12.1 Å². The zero-order valence-electron chi connectivity index (χ0n) is 18.9. The van der Waals surface area contributed by atoms with Crippen molar-refractivity contribution in [2.75, 3.05) is 0 Å². The Hall–Kier alpha value is -2.11. The molecule has 0 bridgehead atoms. The Morgan fingerprint density at radius 1 is 0.788 bits per heavy atom. The van der Waals surface area contributed by atoms with Gasteiger partial charge in [-0.15, -0.1) is 0 Å². The van der Waals surface area contributed by atoms with Gasteiger partial charge in [-0.25, -0.2) is 13.2 Å². The molecule has 2 saturated carbocycles. The van der Waals surface area contributed by atoms with E-state index in [9.17, 15) is 22.0 Å². The summed E-state index contributed by atoms with van der Waals surface area (Å²) in [5, 5.41) is 0. The van der Waals surface area contributed by atoms with E-state index in [1.807, 2.05) is 0 Å². The molecular formula is C27H31F5O. The van der Waals surface area contributed by atoms with E-state index < -0.39 is 34.9 Å². The van der Waals surface area contributed by atoms with Gasteiger partial charge in [-0.1, -0.05) is 38.3 Å². The summed E-state index contributed by atoms with van der Waals surface area (Å²) in [4.78, 5) is 0. The molecule has 6 heteroatoms. The highest BCUT2D eigenvalue weighted by Gasteiger charge is 2.36. The Kier molecular flexibility index (Phi) is 7.30. The van der Waals surface area contributed by atoms with E-state index in [-0.39, 0.29) is 0 Å². The predicted octanol–water partition coefficient (Wildman–Crippen LogP) is 8.72. The summed E-state index contributed by atoms with van der Waals surface area (Å²) in [5.74, 6) is -2.77. The minimum Gasteiger partial charge on any atom is -0.429 e. The van der Waals surface area contributed by atoms with Gasteiger partial charge in [-0.2, -0.15) is 8.78 Å². The Balaban J connectivity index is 1.34. The van der Waals surface area contributed by atoms with Gasteiger partial charge < -0.3 is 4.74 Å². The molecule has 1 nitrogen and oxygen atoms in total. The summed E-state index contributed by atoms with van der Waals surface area (Å²) >= 11 is 0. The van der Waals surface area contributed by atoms with Crippen LogP contribution in [0.5, 0.6) is 5.75 Å². The van der Waals surface area contributed by atoms with Crippen LogP contribution in [0.2, 0.25) is 0 Å². The van der Waals surface area contributed by atoms with Crippen molar-refractivity contribution in [2.45, 2.75) is 76.7 Å². The molecule has 0 heterocycles. The minimum absolute atomic E-state index is 0.358. The molecule has 4 rings (SSSR count). The lowest BCUT2D eigenvalue weighted by Gasteiger charge is -2.38. The largest absolute Gasteiger partial charge is 0.429 e. The van der Waals surface area contributed by atoms with Crippen LogP contribution in [0.25, 0.3) is 0 Å². The van der Waals surface area contributed by atoms with E-state index in [1.165, 1.54) is 57.1 Å². The third kappa shape index (κ3) is 5.52. The maximum atomic E-state index is 14.5. The predicted molar refractivity (Wildman–Crippen MR) is 118 cm³/mol. The number of benzene rings is 2. The van der Waals surface area contributed by atoms with Crippen LogP contribution >= 0.6 is 0 Å². The Labute approximate surface area is 192 Å². The van der Waals surface area contributed by atoms with Gasteiger partial charge in [0.15, 0.2) is 17.5 Å². The lowest BCUT2D eigenvalue weighted by atomic mass is 9.68. The summed E-state index contributed by atoms with van der Waals surface area (Å²) in [5.41, 5.74) is 0.610. The highest BCUT2D eigenvalue weighted by molar-refractivity contribution is 5.30. The zero-order valence-corrected chi connectivity index (χ0v) is 18.9. The Bertz CT molecular complexity index is 903. The van der Waals surface area contributed by atoms with Crippen molar-refractivity contribution < 1.29 is 26.7 Å². The lowest BCUT2D eigenvalue weighted by Crippen LogP contribution is -2.25. The number of ether oxygens (including phenoxy) is 1. The summed E-state index contributed by atoms with van der Waals surface area (Å²) < 4.78 is 73.3. The fourth-order valence-corrected chi connectivity index (χ4v) is 5.74. The number of rotatable bonds is 6. The number of hydrogen-bond acceptors (Lipinski definition) is 1. The molecule has 0 amide bonds.